The summed E-state index contributed by atoms with van der Waals surface area (Å²) in [7, 11) is -1.42. The van der Waals surface area contributed by atoms with Gasteiger partial charge in [-0.3, -0.25) is 10.1 Å². The highest BCUT2D eigenvalue weighted by Crippen LogP contribution is 2.29. The predicted octanol–water partition coefficient (Wildman–Crippen LogP) is 0.973. The molecule has 0 heterocycles. The molecule has 0 fully saturated rings. The summed E-state index contributed by atoms with van der Waals surface area (Å²) in [4.78, 5) is 8.98. The summed E-state index contributed by atoms with van der Waals surface area (Å²) in [6, 6.07) is 1.35. The first-order valence-corrected chi connectivity index (χ1v) is 7.34. The molecule has 0 aliphatic heterocycles. The van der Waals surface area contributed by atoms with Crippen LogP contribution in [0.3, 0.4) is 0 Å². The van der Waals surface area contributed by atoms with E-state index < -0.39 is 37.0 Å². The van der Waals surface area contributed by atoms with Crippen molar-refractivity contribution in [1.82, 2.24) is 4.31 Å². The fourth-order valence-corrected chi connectivity index (χ4v) is 3.03. The molecule has 21 heavy (non-hydrogen) atoms. The minimum Gasteiger partial charge on any atom is -0.397 e. The van der Waals surface area contributed by atoms with Gasteiger partial charge in [0.25, 0.3) is 5.69 Å². The minimum atomic E-state index is -4.17. The molecule has 1 aromatic rings. The van der Waals surface area contributed by atoms with E-state index in [0.717, 1.165) is 10.4 Å². The largest absolute Gasteiger partial charge is 0.397 e. The van der Waals surface area contributed by atoms with Crippen LogP contribution in [0, 0.1) is 15.9 Å². The van der Waals surface area contributed by atoms with Gasteiger partial charge in [0, 0.05) is 33.4 Å². The summed E-state index contributed by atoms with van der Waals surface area (Å²) >= 11 is 0. The first-order chi connectivity index (χ1) is 9.71. The highest BCUT2D eigenvalue weighted by molar-refractivity contribution is 7.89. The lowest BCUT2D eigenvalue weighted by molar-refractivity contribution is -0.385. The van der Waals surface area contributed by atoms with Crippen LogP contribution in [0.4, 0.5) is 15.8 Å². The quantitative estimate of drug-likeness (QED) is 0.346. The maximum absolute atomic E-state index is 13.9. The topological polar surface area (TPSA) is 116 Å². The van der Waals surface area contributed by atoms with Gasteiger partial charge in [-0.2, -0.15) is 0 Å². The third-order valence-electron chi connectivity index (χ3n) is 2.76. The molecule has 0 atom stereocenters. The fourth-order valence-electron chi connectivity index (χ4n) is 1.68. The first kappa shape index (κ1) is 17.3. The van der Waals surface area contributed by atoms with Crippen LogP contribution >= 0.6 is 0 Å². The van der Waals surface area contributed by atoms with E-state index in [4.69, 9.17) is 10.5 Å². The second-order valence-corrected chi connectivity index (χ2v) is 6.26. The van der Waals surface area contributed by atoms with E-state index in [1.54, 1.807) is 0 Å². The van der Waals surface area contributed by atoms with Crippen LogP contribution in [-0.4, -0.2) is 45.0 Å². The van der Waals surface area contributed by atoms with E-state index in [0.29, 0.717) is 19.1 Å². The van der Waals surface area contributed by atoms with E-state index in [2.05, 4.69) is 0 Å². The summed E-state index contributed by atoms with van der Waals surface area (Å²) < 4.78 is 44.1. The molecular formula is C11H16FN3O5S. The summed E-state index contributed by atoms with van der Waals surface area (Å²) in [6.07, 6.45) is 0.417. The Kier molecular flexibility index (Phi) is 5.58. The molecule has 8 nitrogen and oxygen atoms in total. The van der Waals surface area contributed by atoms with Crippen LogP contribution in [0.15, 0.2) is 17.0 Å². The molecule has 1 aromatic carbocycles. The van der Waals surface area contributed by atoms with Crippen molar-refractivity contribution < 1.29 is 22.5 Å². The van der Waals surface area contributed by atoms with Gasteiger partial charge in [0.15, 0.2) is 5.82 Å². The van der Waals surface area contributed by atoms with Gasteiger partial charge in [-0.1, -0.05) is 0 Å². The van der Waals surface area contributed by atoms with Crippen molar-refractivity contribution in [2.45, 2.75) is 11.3 Å². The van der Waals surface area contributed by atoms with E-state index >= 15 is 0 Å². The highest BCUT2D eigenvalue weighted by atomic mass is 32.2. The zero-order valence-corrected chi connectivity index (χ0v) is 12.4. The second kappa shape index (κ2) is 6.78. The second-order valence-electron chi connectivity index (χ2n) is 4.28. The Morgan fingerprint density at radius 3 is 2.57 bits per heavy atom. The molecule has 0 saturated heterocycles. The van der Waals surface area contributed by atoms with Crippen LogP contribution in [-0.2, 0) is 14.8 Å². The van der Waals surface area contributed by atoms with Crippen LogP contribution in [0.5, 0.6) is 0 Å². The Labute approximate surface area is 121 Å². The molecule has 118 valence electrons. The van der Waals surface area contributed by atoms with Gasteiger partial charge in [0.05, 0.1) is 16.7 Å². The molecule has 1 rings (SSSR count). The molecule has 0 aromatic heterocycles. The standard InChI is InChI=1S/C11H16FN3O5S/c1-14(4-3-5-20-2)21(18,19)11-9(12)6-8(15(16)17)7-10(11)13/h6-7H,3-5,13H2,1-2H3. The number of methoxy groups -OCH3 is 1. The number of rotatable bonds is 7. The van der Waals surface area contributed by atoms with Crippen LogP contribution in [0.25, 0.3) is 0 Å². The number of non-ortho nitro benzene ring substituents is 1. The van der Waals surface area contributed by atoms with Crippen molar-refractivity contribution >= 4 is 21.4 Å². The number of sulfonamides is 1. The monoisotopic (exact) mass is 321 g/mol. The molecule has 0 amide bonds. The molecule has 0 bridgehead atoms. The van der Waals surface area contributed by atoms with Gasteiger partial charge in [0.2, 0.25) is 10.0 Å². The van der Waals surface area contributed by atoms with Crippen molar-refractivity contribution in [2.75, 3.05) is 33.0 Å². The van der Waals surface area contributed by atoms with Crippen molar-refractivity contribution in [2.24, 2.45) is 0 Å². The average molecular weight is 321 g/mol. The van der Waals surface area contributed by atoms with Crippen LogP contribution in [0.2, 0.25) is 0 Å². The number of nitrogens with two attached hydrogens (primary N) is 1. The smallest absolute Gasteiger partial charge is 0.274 e. The molecule has 0 aliphatic rings. The summed E-state index contributed by atoms with van der Waals surface area (Å²) in [6.45, 7) is 0.449. The number of anilines is 1. The SMILES string of the molecule is COCCCN(C)S(=O)(=O)c1c(N)cc([N+](=O)[O-])cc1F. The minimum absolute atomic E-state index is 0.103. The zero-order valence-electron chi connectivity index (χ0n) is 11.6. The third kappa shape index (κ3) is 3.86. The number of halogens is 1. The number of ether oxygens (including phenoxy) is 1. The van der Waals surface area contributed by atoms with E-state index in [-0.39, 0.29) is 6.54 Å². The summed E-state index contributed by atoms with van der Waals surface area (Å²) in [5.41, 5.74) is 4.36. The van der Waals surface area contributed by atoms with Crippen LogP contribution < -0.4 is 5.73 Å². The Morgan fingerprint density at radius 2 is 2.10 bits per heavy atom. The number of hydrogen-bond acceptors (Lipinski definition) is 6. The summed E-state index contributed by atoms with van der Waals surface area (Å²) in [5, 5.41) is 10.6. The zero-order chi connectivity index (χ0) is 16.2. The Morgan fingerprint density at radius 1 is 1.48 bits per heavy atom. The van der Waals surface area contributed by atoms with Gasteiger partial charge in [-0.15, -0.1) is 0 Å². The number of nitro groups is 1. The molecule has 2 N–H and O–H groups in total. The third-order valence-corrected chi connectivity index (χ3v) is 4.71. The average Bonchev–Trinajstić information content (AvgIpc) is 2.37. The maximum atomic E-state index is 13.9. The van der Waals surface area contributed by atoms with Gasteiger partial charge in [-0.25, -0.2) is 17.1 Å². The van der Waals surface area contributed by atoms with Crippen molar-refractivity contribution in [3.05, 3.63) is 28.1 Å². The molecule has 0 saturated carbocycles. The Balaban J connectivity index is 3.17. The number of nitrogens with zero attached hydrogens (tertiary/aromatic N) is 2. The lowest BCUT2D eigenvalue weighted by atomic mass is 10.3. The Bertz CT molecular complexity index is 612. The number of nitrogen functional groups attached to an aromatic ring is 1. The summed E-state index contributed by atoms with van der Waals surface area (Å²) in [5.74, 6) is -1.25. The molecule has 0 spiro atoms. The van der Waals surface area contributed by atoms with Gasteiger partial charge in [0.1, 0.15) is 4.90 Å². The molecule has 0 radical (unpaired) electrons. The molecule has 10 heteroatoms. The molecule has 0 aliphatic carbocycles. The maximum Gasteiger partial charge on any atom is 0.274 e. The normalized spacial score (nSPS) is 11.8. The van der Waals surface area contributed by atoms with Crippen molar-refractivity contribution in [3.63, 3.8) is 0 Å². The van der Waals surface area contributed by atoms with E-state index in [1.807, 2.05) is 0 Å². The number of benzene rings is 1. The lowest BCUT2D eigenvalue weighted by Gasteiger charge is -2.18. The molecular weight excluding hydrogens is 305 g/mol. The Hall–Kier alpha value is -1.78. The lowest BCUT2D eigenvalue weighted by Crippen LogP contribution is -2.30. The predicted molar refractivity (Wildman–Crippen MR) is 73.8 cm³/mol. The van der Waals surface area contributed by atoms with Gasteiger partial charge in [-0.05, 0) is 6.42 Å². The number of nitro benzene ring substituents is 1. The van der Waals surface area contributed by atoms with Crippen LogP contribution in [0.1, 0.15) is 6.42 Å². The van der Waals surface area contributed by atoms with Gasteiger partial charge >= 0.3 is 0 Å². The first-order valence-electron chi connectivity index (χ1n) is 5.90. The van der Waals surface area contributed by atoms with Gasteiger partial charge < -0.3 is 10.5 Å². The van der Waals surface area contributed by atoms with Crippen molar-refractivity contribution in [1.29, 1.82) is 0 Å². The van der Waals surface area contributed by atoms with E-state index in [9.17, 15) is 22.9 Å². The molecule has 0 unspecified atom stereocenters. The fraction of sp³-hybridized carbons (Fsp3) is 0.455. The number of hydrogen-bond donors (Lipinski definition) is 1. The van der Waals surface area contributed by atoms with E-state index in [1.165, 1.54) is 14.2 Å². The highest BCUT2D eigenvalue weighted by Gasteiger charge is 2.29. The van der Waals surface area contributed by atoms with Crippen molar-refractivity contribution in [3.8, 4) is 0 Å².